The molecule has 40 heavy (non-hydrogen) atoms. The van der Waals surface area contributed by atoms with Gasteiger partial charge < -0.3 is 18.3 Å². The van der Waals surface area contributed by atoms with Gasteiger partial charge in [0.25, 0.3) is 0 Å². The fourth-order valence-electron chi connectivity index (χ4n) is 4.14. The Bertz CT molecular complexity index is 1710. The number of benzene rings is 3. The maximum atomic E-state index is 13.1. The average molecular weight is 543 g/mol. The zero-order chi connectivity index (χ0) is 28.3. The molecule has 0 bridgehead atoms. The zero-order valence-corrected chi connectivity index (χ0v) is 21.3. The number of alkyl halides is 3. The second-order valence-corrected chi connectivity index (χ2v) is 8.59. The Balaban J connectivity index is 1.54. The third-order valence-electron chi connectivity index (χ3n) is 6.14. The van der Waals surface area contributed by atoms with Crippen LogP contribution in [0.4, 0.5) is 19.1 Å². The van der Waals surface area contributed by atoms with Crippen LogP contribution in [-0.2, 0) is 6.18 Å². The lowest BCUT2D eigenvalue weighted by Gasteiger charge is -2.07. The van der Waals surface area contributed by atoms with Gasteiger partial charge in [-0.2, -0.15) is 18.4 Å². The van der Waals surface area contributed by atoms with Gasteiger partial charge in [0.1, 0.15) is 40.4 Å². The van der Waals surface area contributed by atoms with Crippen molar-refractivity contribution in [2.75, 3.05) is 14.2 Å². The topological polar surface area (TPSA) is 80.9 Å². The summed E-state index contributed by atoms with van der Waals surface area (Å²) in [5.41, 5.74) is 1.67. The summed E-state index contributed by atoms with van der Waals surface area (Å²) >= 11 is 0. The van der Waals surface area contributed by atoms with E-state index in [4.69, 9.17) is 18.3 Å². The van der Waals surface area contributed by atoms with E-state index in [2.05, 4.69) is 11.1 Å². The quantitative estimate of drug-likeness (QED) is 0.193. The summed E-state index contributed by atoms with van der Waals surface area (Å²) in [5.74, 6) is 2.31. The van der Waals surface area contributed by atoms with E-state index in [9.17, 15) is 18.4 Å². The first-order valence-electron chi connectivity index (χ1n) is 12.0. The molecule has 0 amide bonds. The second kappa shape index (κ2) is 10.9. The lowest BCUT2D eigenvalue weighted by Crippen LogP contribution is -2.04. The molecule has 0 atom stereocenters. The number of halogens is 3. The van der Waals surface area contributed by atoms with Gasteiger partial charge in [-0.15, -0.1) is 0 Å². The highest BCUT2D eigenvalue weighted by molar-refractivity contribution is 5.89. The Morgan fingerprint density at radius 1 is 0.800 bits per heavy atom. The van der Waals surface area contributed by atoms with Crippen molar-refractivity contribution in [3.05, 3.63) is 102 Å². The molecule has 0 aliphatic carbocycles. The number of nitriles is 1. The number of aliphatic imine (C=N–C) groups is 1. The van der Waals surface area contributed by atoms with Crippen LogP contribution in [-0.4, -0.2) is 20.4 Å². The third-order valence-corrected chi connectivity index (χ3v) is 6.14. The van der Waals surface area contributed by atoms with Gasteiger partial charge in [-0.25, -0.2) is 4.99 Å². The number of nitrogens with zero attached hydrogens (tertiary/aromatic N) is 2. The number of rotatable bonds is 7. The van der Waals surface area contributed by atoms with Crippen LogP contribution in [0.1, 0.15) is 16.9 Å². The number of hydrogen-bond donors (Lipinski definition) is 0. The maximum absolute atomic E-state index is 13.1. The molecule has 0 saturated carbocycles. The van der Waals surface area contributed by atoms with Gasteiger partial charge in [0.2, 0.25) is 5.88 Å². The standard InChI is InChI=1S/C31H21F3N2O4/c1-37-23-10-6-19(7-11-23)28-26(17-35)30(40-29(28)20-8-12-24(38-2)13-9-20)36-18-25-14-15-27(39-25)21-4-3-5-22(16-21)31(32,33)34/h3-16,18H,1-2H3. The summed E-state index contributed by atoms with van der Waals surface area (Å²) in [5, 5.41) is 10.1. The fourth-order valence-corrected chi connectivity index (χ4v) is 4.14. The Morgan fingerprint density at radius 3 is 2.05 bits per heavy atom. The van der Waals surface area contributed by atoms with Crippen molar-refractivity contribution in [2.45, 2.75) is 6.18 Å². The molecule has 5 rings (SSSR count). The Kier molecular flexibility index (Phi) is 7.17. The number of ether oxygens (including phenoxy) is 2. The molecular weight excluding hydrogens is 521 g/mol. The molecular formula is C31H21F3N2O4. The molecule has 2 aromatic heterocycles. The Morgan fingerprint density at radius 2 is 1.45 bits per heavy atom. The highest BCUT2D eigenvalue weighted by Gasteiger charge is 2.30. The van der Waals surface area contributed by atoms with E-state index in [0.29, 0.717) is 28.4 Å². The van der Waals surface area contributed by atoms with Crippen molar-refractivity contribution in [1.29, 1.82) is 5.26 Å². The minimum Gasteiger partial charge on any atom is -0.497 e. The highest BCUT2D eigenvalue weighted by atomic mass is 19.4. The van der Waals surface area contributed by atoms with E-state index in [-0.39, 0.29) is 28.5 Å². The molecule has 0 spiro atoms. The van der Waals surface area contributed by atoms with Crippen LogP contribution >= 0.6 is 0 Å². The third kappa shape index (κ3) is 5.33. The van der Waals surface area contributed by atoms with Gasteiger partial charge in [0.05, 0.1) is 26.0 Å². The minimum atomic E-state index is -4.47. The molecule has 0 radical (unpaired) electrons. The molecule has 0 aliphatic rings. The van der Waals surface area contributed by atoms with E-state index in [0.717, 1.165) is 17.7 Å². The van der Waals surface area contributed by atoms with E-state index in [1.54, 1.807) is 50.6 Å². The van der Waals surface area contributed by atoms with Gasteiger partial charge in [-0.05, 0) is 66.2 Å². The number of furan rings is 2. The molecule has 9 heteroatoms. The van der Waals surface area contributed by atoms with Crippen LogP contribution in [0.2, 0.25) is 0 Å². The van der Waals surface area contributed by atoms with Crippen LogP contribution in [0.3, 0.4) is 0 Å². The summed E-state index contributed by atoms with van der Waals surface area (Å²) in [7, 11) is 3.13. The summed E-state index contributed by atoms with van der Waals surface area (Å²) in [6.45, 7) is 0. The molecule has 0 N–H and O–H groups in total. The first-order chi connectivity index (χ1) is 19.3. The molecule has 0 fully saturated rings. The molecule has 2 heterocycles. The van der Waals surface area contributed by atoms with Crippen molar-refractivity contribution in [1.82, 2.24) is 0 Å². The smallest absolute Gasteiger partial charge is 0.416 e. The maximum Gasteiger partial charge on any atom is 0.416 e. The summed E-state index contributed by atoms with van der Waals surface area (Å²) < 4.78 is 61.7. The summed E-state index contributed by atoms with van der Waals surface area (Å²) in [4.78, 5) is 4.37. The summed E-state index contributed by atoms with van der Waals surface area (Å²) in [6.07, 6.45) is -3.12. The zero-order valence-electron chi connectivity index (χ0n) is 21.3. The number of hydrogen-bond acceptors (Lipinski definition) is 6. The first kappa shape index (κ1) is 26.4. The molecule has 0 saturated heterocycles. The molecule has 5 aromatic rings. The lowest BCUT2D eigenvalue weighted by atomic mass is 9.98. The predicted molar refractivity (Wildman–Crippen MR) is 144 cm³/mol. The van der Waals surface area contributed by atoms with Gasteiger partial charge in [-0.3, -0.25) is 0 Å². The molecule has 3 aromatic carbocycles. The second-order valence-electron chi connectivity index (χ2n) is 8.59. The highest BCUT2D eigenvalue weighted by Crippen LogP contribution is 2.43. The normalized spacial score (nSPS) is 11.5. The molecule has 0 unspecified atom stereocenters. The fraction of sp³-hybridized carbons (Fsp3) is 0.0968. The Labute approximate surface area is 227 Å². The minimum absolute atomic E-state index is 0.0520. The largest absolute Gasteiger partial charge is 0.497 e. The van der Waals surface area contributed by atoms with E-state index in [1.807, 2.05) is 24.3 Å². The van der Waals surface area contributed by atoms with E-state index < -0.39 is 11.7 Å². The monoisotopic (exact) mass is 542 g/mol. The summed E-state index contributed by atoms with van der Waals surface area (Å²) in [6, 6.07) is 24.6. The van der Waals surface area contributed by atoms with Crippen molar-refractivity contribution in [2.24, 2.45) is 4.99 Å². The first-order valence-corrected chi connectivity index (χ1v) is 12.0. The Hall–Kier alpha value is -5.23. The van der Waals surface area contributed by atoms with Crippen molar-refractivity contribution in [3.8, 4) is 51.3 Å². The van der Waals surface area contributed by atoms with Crippen molar-refractivity contribution < 1.29 is 31.5 Å². The number of methoxy groups -OCH3 is 2. The lowest BCUT2D eigenvalue weighted by molar-refractivity contribution is -0.137. The predicted octanol–water partition coefficient (Wildman–Crippen LogP) is 8.53. The van der Waals surface area contributed by atoms with Gasteiger partial charge in [-0.1, -0.05) is 24.3 Å². The van der Waals surface area contributed by atoms with E-state index in [1.165, 1.54) is 18.3 Å². The molecule has 6 nitrogen and oxygen atoms in total. The average Bonchev–Trinajstić information content (AvgIpc) is 3.60. The van der Waals surface area contributed by atoms with Gasteiger partial charge in [0.15, 0.2) is 0 Å². The van der Waals surface area contributed by atoms with Crippen LogP contribution in [0.5, 0.6) is 11.5 Å². The van der Waals surface area contributed by atoms with Gasteiger partial charge in [0, 0.05) is 16.7 Å². The van der Waals surface area contributed by atoms with Crippen LogP contribution < -0.4 is 9.47 Å². The molecule has 200 valence electrons. The van der Waals surface area contributed by atoms with Gasteiger partial charge >= 0.3 is 6.18 Å². The van der Waals surface area contributed by atoms with Crippen molar-refractivity contribution >= 4 is 12.1 Å². The van der Waals surface area contributed by atoms with Crippen LogP contribution in [0.15, 0.2) is 98.8 Å². The van der Waals surface area contributed by atoms with Crippen molar-refractivity contribution in [3.63, 3.8) is 0 Å². The molecule has 0 aliphatic heterocycles. The van der Waals surface area contributed by atoms with E-state index >= 15 is 0 Å². The van der Waals surface area contributed by atoms with Crippen LogP contribution in [0.25, 0.3) is 33.8 Å². The SMILES string of the molecule is COc1ccc(-c2oc(N=Cc3ccc(-c4cccc(C(F)(F)F)c4)o3)c(C#N)c2-c2ccc(OC)cc2)cc1. The van der Waals surface area contributed by atoms with Crippen LogP contribution in [0, 0.1) is 11.3 Å².